The molecule has 1 aliphatic rings. The Hall–Kier alpha value is -2.54. The van der Waals surface area contributed by atoms with Crippen molar-refractivity contribution in [2.24, 2.45) is 0 Å². The van der Waals surface area contributed by atoms with Crippen LogP contribution in [-0.2, 0) is 13.0 Å². The summed E-state index contributed by atoms with van der Waals surface area (Å²) in [4.78, 5) is 11.5. The summed E-state index contributed by atoms with van der Waals surface area (Å²) in [6, 6.07) is 10.1. The van der Waals surface area contributed by atoms with Crippen molar-refractivity contribution >= 4 is 0 Å². The fourth-order valence-corrected chi connectivity index (χ4v) is 3.27. The number of aryl methyl sites for hydroxylation is 1. The maximum absolute atomic E-state index is 4.60. The molecule has 0 saturated carbocycles. The summed E-state index contributed by atoms with van der Waals surface area (Å²) in [7, 11) is 0. The van der Waals surface area contributed by atoms with E-state index < -0.39 is 0 Å². The molecular formula is C18H23N7. The average Bonchev–Trinajstić information content (AvgIpc) is 3.33. The van der Waals surface area contributed by atoms with Gasteiger partial charge >= 0.3 is 0 Å². The predicted octanol–water partition coefficient (Wildman–Crippen LogP) is 2.33. The molecule has 1 aliphatic heterocycles. The second-order valence-corrected chi connectivity index (χ2v) is 6.49. The number of H-pyrrole nitrogens is 1. The number of likely N-dealkylation sites (tertiary alicyclic amines) is 1. The zero-order valence-corrected chi connectivity index (χ0v) is 14.5. The Labute approximate surface area is 147 Å². The van der Waals surface area contributed by atoms with E-state index in [0.29, 0.717) is 5.92 Å². The lowest BCUT2D eigenvalue weighted by atomic mass is 9.96. The molecule has 0 aliphatic carbocycles. The van der Waals surface area contributed by atoms with Gasteiger partial charge in [-0.3, -0.25) is 10.00 Å². The Morgan fingerprint density at radius 1 is 1.16 bits per heavy atom. The van der Waals surface area contributed by atoms with Gasteiger partial charge in [-0.05, 0) is 38.1 Å². The molecule has 1 aromatic carbocycles. The van der Waals surface area contributed by atoms with Crippen molar-refractivity contribution in [3.8, 4) is 5.69 Å². The van der Waals surface area contributed by atoms with Crippen molar-refractivity contribution in [1.82, 2.24) is 34.8 Å². The van der Waals surface area contributed by atoms with Crippen LogP contribution in [0.15, 0.2) is 36.7 Å². The van der Waals surface area contributed by atoms with Crippen molar-refractivity contribution in [3.05, 3.63) is 54.1 Å². The third-order valence-electron chi connectivity index (χ3n) is 4.76. The summed E-state index contributed by atoms with van der Waals surface area (Å²) in [5.74, 6) is 3.28. The van der Waals surface area contributed by atoms with Crippen LogP contribution in [0.1, 0.15) is 43.2 Å². The van der Waals surface area contributed by atoms with E-state index in [1.807, 2.05) is 35.0 Å². The van der Waals surface area contributed by atoms with Gasteiger partial charge in [0.25, 0.3) is 0 Å². The zero-order chi connectivity index (χ0) is 17.1. The van der Waals surface area contributed by atoms with E-state index in [1.54, 1.807) is 6.33 Å². The third kappa shape index (κ3) is 3.61. The molecule has 0 amide bonds. The number of hydrogen-bond acceptors (Lipinski definition) is 5. The molecule has 130 valence electrons. The van der Waals surface area contributed by atoms with Crippen LogP contribution in [0.25, 0.3) is 5.69 Å². The van der Waals surface area contributed by atoms with E-state index in [1.165, 1.54) is 0 Å². The SMILES string of the molecule is CCc1nc(C2CCN(Cc3ncn(-c4ccccc4)n3)CC2)n[nH]1. The van der Waals surface area contributed by atoms with Gasteiger partial charge in [-0.15, -0.1) is 5.10 Å². The van der Waals surface area contributed by atoms with E-state index in [9.17, 15) is 0 Å². The first-order valence-electron chi connectivity index (χ1n) is 8.91. The Morgan fingerprint density at radius 3 is 2.68 bits per heavy atom. The number of hydrogen-bond donors (Lipinski definition) is 1. The lowest BCUT2D eigenvalue weighted by Gasteiger charge is -2.29. The Bertz CT molecular complexity index is 800. The number of aromatic nitrogens is 6. The zero-order valence-electron chi connectivity index (χ0n) is 14.5. The maximum Gasteiger partial charge on any atom is 0.164 e. The summed E-state index contributed by atoms with van der Waals surface area (Å²) < 4.78 is 1.84. The minimum atomic E-state index is 0.461. The molecule has 3 heterocycles. The van der Waals surface area contributed by atoms with Gasteiger partial charge in [0.05, 0.1) is 12.2 Å². The van der Waals surface area contributed by atoms with Crippen LogP contribution in [0, 0.1) is 0 Å². The van der Waals surface area contributed by atoms with Crippen LogP contribution in [0.3, 0.4) is 0 Å². The van der Waals surface area contributed by atoms with Crippen LogP contribution in [0.4, 0.5) is 0 Å². The second kappa shape index (κ2) is 7.14. The van der Waals surface area contributed by atoms with Crippen LogP contribution in [0.2, 0.25) is 0 Å². The lowest BCUT2D eigenvalue weighted by Crippen LogP contribution is -2.33. The first-order valence-corrected chi connectivity index (χ1v) is 8.91. The highest BCUT2D eigenvalue weighted by atomic mass is 15.3. The molecule has 4 rings (SSSR count). The third-order valence-corrected chi connectivity index (χ3v) is 4.76. The number of nitrogens with one attached hydrogen (secondary N) is 1. The number of nitrogens with zero attached hydrogens (tertiary/aromatic N) is 6. The number of aromatic amines is 1. The molecule has 7 heteroatoms. The quantitative estimate of drug-likeness (QED) is 0.773. The van der Waals surface area contributed by atoms with Gasteiger partial charge in [0.15, 0.2) is 11.6 Å². The first kappa shape index (κ1) is 16.0. The number of para-hydroxylation sites is 1. The highest BCUT2D eigenvalue weighted by molar-refractivity contribution is 5.29. The van der Waals surface area contributed by atoms with Gasteiger partial charge in [0.1, 0.15) is 12.2 Å². The normalized spacial score (nSPS) is 16.4. The molecule has 0 unspecified atom stereocenters. The summed E-state index contributed by atoms with van der Waals surface area (Å²) in [5, 5.41) is 12.0. The highest BCUT2D eigenvalue weighted by Gasteiger charge is 2.24. The van der Waals surface area contributed by atoms with Crippen molar-refractivity contribution in [1.29, 1.82) is 0 Å². The van der Waals surface area contributed by atoms with Crippen LogP contribution in [0.5, 0.6) is 0 Å². The van der Waals surface area contributed by atoms with E-state index in [4.69, 9.17) is 0 Å². The molecule has 1 saturated heterocycles. The molecule has 2 aromatic heterocycles. The molecule has 25 heavy (non-hydrogen) atoms. The summed E-state index contributed by atoms with van der Waals surface area (Å²) in [6.07, 6.45) is 4.86. The topological polar surface area (TPSA) is 75.5 Å². The summed E-state index contributed by atoms with van der Waals surface area (Å²) >= 11 is 0. The molecule has 1 fully saturated rings. The standard InChI is InChI=1S/C18H23N7/c1-2-16-20-18(22-21-16)14-8-10-24(11-9-14)12-17-19-13-25(23-17)15-6-4-3-5-7-15/h3-7,13-14H,2,8-12H2,1H3,(H,20,21,22). The molecule has 0 spiro atoms. The van der Waals surface area contributed by atoms with Crippen LogP contribution >= 0.6 is 0 Å². The van der Waals surface area contributed by atoms with Crippen molar-refractivity contribution in [2.45, 2.75) is 38.6 Å². The molecule has 3 aromatic rings. The summed E-state index contributed by atoms with van der Waals surface area (Å²) in [5.41, 5.74) is 1.04. The van der Waals surface area contributed by atoms with Gasteiger partial charge in [-0.25, -0.2) is 14.6 Å². The number of benzene rings is 1. The lowest BCUT2D eigenvalue weighted by molar-refractivity contribution is 0.197. The highest BCUT2D eigenvalue weighted by Crippen LogP contribution is 2.26. The van der Waals surface area contributed by atoms with Crippen molar-refractivity contribution in [2.75, 3.05) is 13.1 Å². The second-order valence-electron chi connectivity index (χ2n) is 6.49. The van der Waals surface area contributed by atoms with E-state index in [-0.39, 0.29) is 0 Å². The summed E-state index contributed by atoms with van der Waals surface area (Å²) in [6.45, 7) is 4.94. The monoisotopic (exact) mass is 337 g/mol. The molecule has 0 bridgehead atoms. The van der Waals surface area contributed by atoms with Crippen LogP contribution < -0.4 is 0 Å². The van der Waals surface area contributed by atoms with Crippen molar-refractivity contribution < 1.29 is 0 Å². The van der Waals surface area contributed by atoms with E-state index >= 15 is 0 Å². The average molecular weight is 337 g/mol. The Balaban J connectivity index is 1.34. The maximum atomic E-state index is 4.60. The van der Waals surface area contributed by atoms with Gasteiger partial charge < -0.3 is 0 Å². The van der Waals surface area contributed by atoms with E-state index in [2.05, 4.69) is 37.1 Å². The molecule has 7 nitrogen and oxygen atoms in total. The smallest absolute Gasteiger partial charge is 0.164 e. The number of rotatable bonds is 5. The molecule has 0 atom stereocenters. The first-order chi connectivity index (χ1) is 12.3. The number of piperidine rings is 1. The molecular weight excluding hydrogens is 314 g/mol. The minimum Gasteiger partial charge on any atom is -0.296 e. The van der Waals surface area contributed by atoms with E-state index in [0.717, 1.165) is 62.1 Å². The molecule has 0 radical (unpaired) electrons. The Morgan fingerprint density at radius 2 is 1.96 bits per heavy atom. The van der Waals surface area contributed by atoms with Gasteiger partial charge in [-0.2, -0.15) is 5.10 Å². The van der Waals surface area contributed by atoms with Crippen molar-refractivity contribution in [3.63, 3.8) is 0 Å². The minimum absolute atomic E-state index is 0.461. The largest absolute Gasteiger partial charge is 0.296 e. The molecule has 1 N–H and O–H groups in total. The van der Waals surface area contributed by atoms with Gasteiger partial charge in [-0.1, -0.05) is 25.1 Å². The van der Waals surface area contributed by atoms with Crippen LogP contribution in [-0.4, -0.2) is 47.9 Å². The fraction of sp³-hybridized carbons (Fsp3) is 0.444. The fourth-order valence-electron chi connectivity index (χ4n) is 3.27. The van der Waals surface area contributed by atoms with Gasteiger partial charge in [0.2, 0.25) is 0 Å². The predicted molar refractivity (Wildman–Crippen MR) is 94.4 cm³/mol. The Kier molecular flexibility index (Phi) is 4.56. The van der Waals surface area contributed by atoms with Gasteiger partial charge in [0, 0.05) is 12.3 Å².